The van der Waals surface area contributed by atoms with Gasteiger partial charge in [-0.2, -0.15) is 4.31 Å². The summed E-state index contributed by atoms with van der Waals surface area (Å²) in [7, 11) is -2.36. The van der Waals surface area contributed by atoms with Gasteiger partial charge in [0.1, 0.15) is 11.6 Å². The van der Waals surface area contributed by atoms with E-state index in [0.29, 0.717) is 31.9 Å². The van der Waals surface area contributed by atoms with Gasteiger partial charge in [-0.1, -0.05) is 0 Å². The van der Waals surface area contributed by atoms with Crippen LogP contribution in [0.15, 0.2) is 45.7 Å². The van der Waals surface area contributed by atoms with Crippen LogP contribution >= 0.6 is 0 Å². The number of carbonyl (C=O) groups is 1. The highest BCUT2D eigenvalue weighted by Gasteiger charge is 2.31. The number of hydrogen-bond donors (Lipinski definition) is 0. The third-order valence-electron chi connectivity index (χ3n) is 4.70. The largest absolute Gasteiger partial charge is 0.463 e. The van der Waals surface area contributed by atoms with E-state index < -0.39 is 21.8 Å². The second-order valence-corrected chi connectivity index (χ2v) is 8.20. The lowest BCUT2D eigenvalue weighted by Gasteiger charge is -2.36. The van der Waals surface area contributed by atoms with E-state index in [0.717, 1.165) is 12.1 Å². The summed E-state index contributed by atoms with van der Waals surface area (Å²) in [6.45, 7) is 3.58. The van der Waals surface area contributed by atoms with Crippen LogP contribution in [0.3, 0.4) is 0 Å². The first-order valence-electron chi connectivity index (χ1n) is 8.50. The lowest BCUT2D eigenvalue weighted by atomic mass is 10.2. The number of carbonyl (C=O) groups excluding carboxylic acids is 1. The van der Waals surface area contributed by atoms with Crippen LogP contribution in [0.1, 0.15) is 29.3 Å². The van der Waals surface area contributed by atoms with E-state index in [1.807, 2.05) is 6.92 Å². The molecule has 1 aliphatic heterocycles. The average Bonchev–Trinajstić information content (AvgIpc) is 3.17. The van der Waals surface area contributed by atoms with Crippen LogP contribution in [-0.2, 0) is 14.8 Å². The third-order valence-corrected chi connectivity index (χ3v) is 6.61. The van der Waals surface area contributed by atoms with Crippen molar-refractivity contribution in [3.05, 3.63) is 53.7 Å². The van der Waals surface area contributed by atoms with Crippen molar-refractivity contribution in [2.75, 3.05) is 33.3 Å². The van der Waals surface area contributed by atoms with E-state index in [-0.39, 0.29) is 16.7 Å². The zero-order valence-corrected chi connectivity index (χ0v) is 15.9. The fraction of sp³-hybridized carbons (Fsp3) is 0.389. The van der Waals surface area contributed by atoms with Crippen LogP contribution in [0.4, 0.5) is 4.39 Å². The number of hydrogen-bond acceptors (Lipinski definition) is 6. The van der Waals surface area contributed by atoms with Gasteiger partial charge in [-0.05, 0) is 43.3 Å². The number of piperazine rings is 1. The zero-order chi connectivity index (χ0) is 19.6. The first-order valence-corrected chi connectivity index (χ1v) is 9.95. The molecule has 0 saturated carbocycles. The molecule has 7 nitrogen and oxygen atoms in total. The molecule has 1 saturated heterocycles. The molecule has 27 heavy (non-hydrogen) atoms. The Morgan fingerprint density at radius 1 is 1.11 bits per heavy atom. The second-order valence-electron chi connectivity index (χ2n) is 6.26. The SMILES string of the molecule is COC(=O)c1ccc([C@H](C)N2CCN(S(=O)(=O)c3ccc(F)cc3)CC2)o1. The minimum Gasteiger partial charge on any atom is -0.463 e. The number of halogens is 1. The van der Waals surface area contributed by atoms with Crippen molar-refractivity contribution < 1.29 is 26.8 Å². The van der Waals surface area contributed by atoms with Gasteiger partial charge < -0.3 is 9.15 Å². The summed E-state index contributed by atoms with van der Waals surface area (Å²) in [4.78, 5) is 13.7. The molecule has 0 unspecified atom stereocenters. The van der Waals surface area contributed by atoms with Crippen molar-refractivity contribution in [3.8, 4) is 0 Å². The molecule has 2 heterocycles. The topological polar surface area (TPSA) is 80.1 Å². The van der Waals surface area contributed by atoms with Crippen LogP contribution in [0.5, 0.6) is 0 Å². The monoisotopic (exact) mass is 396 g/mol. The van der Waals surface area contributed by atoms with E-state index in [4.69, 9.17) is 4.42 Å². The summed E-state index contributed by atoms with van der Waals surface area (Å²) in [6, 6.07) is 8.00. The number of esters is 1. The van der Waals surface area contributed by atoms with Gasteiger partial charge in [-0.3, -0.25) is 4.90 Å². The quantitative estimate of drug-likeness (QED) is 0.722. The number of nitrogens with zero attached hydrogens (tertiary/aromatic N) is 2. The van der Waals surface area contributed by atoms with Crippen molar-refractivity contribution in [1.82, 2.24) is 9.21 Å². The lowest BCUT2D eigenvalue weighted by molar-refractivity contribution is 0.0556. The van der Waals surface area contributed by atoms with Gasteiger partial charge in [0.2, 0.25) is 15.8 Å². The van der Waals surface area contributed by atoms with Crippen molar-refractivity contribution in [2.45, 2.75) is 17.9 Å². The Hall–Kier alpha value is -2.23. The number of benzene rings is 1. The first-order chi connectivity index (χ1) is 12.8. The Morgan fingerprint density at radius 2 is 1.74 bits per heavy atom. The van der Waals surface area contributed by atoms with Gasteiger partial charge in [0.25, 0.3) is 0 Å². The number of methoxy groups -OCH3 is 1. The van der Waals surface area contributed by atoms with Crippen LogP contribution in [0.25, 0.3) is 0 Å². The molecule has 9 heteroatoms. The minimum absolute atomic E-state index is 0.0825. The normalized spacial score (nSPS) is 17.6. The van der Waals surface area contributed by atoms with Crippen molar-refractivity contribution in [2.24, 2.45) is 0 Å². The fourth-order valence-corrected chi connectivity index (χ4v) is 4.48. The number of furan rings is 1. The minimum atomic E-state index is -3.65. The molecule has 2 aromatic rings. The maximum atomic E-state index is 13.0. The number of sulfonamides is 1. The molecule has 1 fully saturated rings. The number of rotatable bonds is 5. The van der Waals surface area contributed by atoms with E-state index in [9.17, 15) is 17.6 Å². The summed E-state index contributed by atoms with van der Waals surface area (Å²) < 4.78 is 50.0. The Labute approximate surface area is 157 Å². The Morgan fingerprint density at radius 3 is 2.33 bits per heavy atom. The molecule has 0 bridgehead atoms. The second kappa shape index (κ2) is 7.79. The summed E-state index contributed by atoms with van der Waals surface area (Å²) in [6.07, 6.45) is 0. The molecule has 1 aliphatic rings. The Kier molecular flexibility index (Phi) is 5.64. The highest BCUT2D eigenvalue weighted by Crippen LogP contribution is 2.26. The molecule has 0 radical (unpaired) electrons. The first kappa shape index (κ1) is 19.5. The molecule has 0 spiro atoms. The van der Waals surface area contributed by atoms with Crippen LogP contribution in [0, 0.1) is 5.82 Å². The average molecular weight is 396 g/mol. The maximum Gasteiger partial charge on any atom is 0.373 e. The molecule has 0 N–H and O–H groups in total. The van der Waals surface area contributed by atoms with E-state index in [1.165, 1.54) is 23.5 Å². The molecular formula is C18H21FN2O5S. The summed E-state index contributed by atoms with van der Waals surface area (Å²) in [5.41, 5.74) is 0. The van der Waals surface area contributed by atoms with Crippen LogP contribution in [0.2, 0.25) is 0 Å². The maximum absolute atomic E-state index is 13.0. The summed E-state index contributed by atoms with van der Waals surface area (Å²) >= 11 is 0. The molecule has 3 rings (SSSR count). The van der Waals surface area contributed by atoms with Gasteiger partial charge in [0.05, 0.1) is 18.0 Å². The summed E-state index contributed by atoms with van der Waals surface area (Å²) in [5.74, 6) is -0.261. The number of ether oxygens (including phenoxy) is 1. The highest BCUT2D eigenvalue weighted by molar-refractivity contribution is 7.89. The summed E-state index contributed by atoms with van der Waals surface area (Å²) in [5, 5.41) is 0. The van der Waals surface area contributed by atoms with E-state index in [2.05, 4.69) is 9.64 Å². The van der Waals surface area contributed by atoms with E-state index in [1.54, 1.807) is 12.1 Å². The van der Waals surface area contributed by atoms with Gasteiger partial charge in [-0.15, -0.1) is 0 Å². The van der Waals surface area contributed by atoms with Crippen molar-refractivity contribution in [1.29, 1.82) is 0 Å². The molecule has 1 atom stereocenters. The predicted octanol–water partition coefficient (Wildman–Crippen LogP) is 2.27. The molecule has 146 valence electrons. The Bertz CT molecular complexity index is 902. The molecular weight excluding hydrogens is 375 g/mol. The molecule has 1 aromatic carbocycles. The smallest absolute Gasteiger partial charge is 0.373 e. The Balaban J connectivity index is 1.65. The van der Waals surface area contributed by atoms with Crippen LogP contribution < -0.4 is 0 Å². The zero-order valence-electron chi connectivity index (χ0n) is 15.1. The third kappa shape index (κ3) is 4.05. The lowest BCUT2D eigenvalue weighted by Crippen LogP contribution is -2.49. The van der Waals surface area contributed by atoms with Gasteiger partial charge >= 0.3 is 5.97 Å². The molecule has 0 aliphatic carbocycles. The van der Waals surface area contributed by atoms with Gasteiger partial charge in [0, 0.05) is 26.2 Å². The van der Waals surface area contributed by atoms with Crippen molar-refractivity contribution in [3.63, 3.8) is 0 Å². The van der Waals surface area contributed by atoms with Crippen molar-refractivity contribution >= 4 is 16.0 Å². The molecule has 0 amide bonds. The predicted molar refractivity (Wildman–Crippen MR) is 95.2 cm³/mol. The van der Waals surface area contributed by atoms with Crippen LogP contribution in [-0.4, -0.2) is 56.9 Å². The van der Waals surface area contributed by atoms with E-state index >= 15 is 0 Å². The fourth-order valence-electron chi connectivity index (χ4n) is 3.05. The molecule has 1 aromatic heterocycles. The van der Waals surface area contributed by atoms with Gasteiger partial charge in [-0.25, -0.2) is 17.6 Å². The highest BCUT2D eigenvalue weighted by atomic mass is 32.2. The standard InChI is InChI=1S/C18H21FN2O5S/c1-13(16-7-8-17(26-16)18(22)25-2)20-9-11-21(12-10-20)27(23,24)15-5-3-14(19)4-6-15/h3-8,13H,9-12H2,1-2H3/t13-/m0/s1. The van der Waals surface area contributed by atoms with Gasteiger partial charge in [0.15, 0.2) is 0 Å².